The van der Waals surface area contributed by atoms with Gasteiger partial charge in [0.25, 0.3) is 0 Å². The molecule has 0 radical (unpaired) electrons. The Bertz CT molecular complexity index is 720. The Morgan fingerprint density at radius 2 is 1.78 bits per heavy atom. The zero-order chi connectivity index (χ0) is 12.5. The molecule has 3 rings (SSSR count). The number of fused-ring (bicyclic) bond motifs is 2. The second-order valence-corrected chi connectivity index (χ2v) is 4.75. The third-order valence-corrected chi connectivity index (χ3v) is 3.54. The van der Waals surface area contributed by atoms with E-state index in [0.29, 0.717) is 5.03 Å². The van der Waals surface area contributed by atoms with E-state index in [1.54, 1.807) is 6.08 Å². The van der Waals surface area contributed by atoms with Crippen LogP contribution < -0.4 is 10.4 Å². The summed E-state index contributed by atoms with van der Waals surface area (Å²) in [6.45, 7) is 0. The van der Waals surface area contributed by atoms with E-state index in [2.05, 4.69) is 0 Å². The molecule has 1 aromatic rings. The van der Waals surface area contributed by atoms with Crippen LogP contribution in [-0.4, -0.2) is 5.78 Å². The molecule has 0 saturated heterocycles. The first-order valence-corrected chi connectivity index (χ1v) is 6.20. The molecule has 0 bridgehead atoms. The lowest BCUT2D eigenvalue weighted by atomic mass is 9.88. The van der Waals surface area contributed by atoms with E-state index in [4.69, 9.17) is 11.6 Å². The highest BCUT2D eigenvalue weighted by Crippen LogP contribution is 2.29. The Kier molecular flexibility index (Phi) is 2.77. The summed E-state index contributed by atoms with van der Waals surface area (Å²) < 4.78 is 0. The molecule has 0 spiro atoms. The maximum atomic E-state index is 12.3. The van der Waals surface area contributed by atoms with Crippen LogP contribution in [-0.2, 0) is 4.79 Å². The van der Waals surface area contributed by atoms with Crippen molar-refractivity contribution in [2.24, 2.45) is 5.92 Å². The van der Waals surface area contributed by atoms with Crippen LogP contribution in [0.5, 0.6) is 0 Å². The van der Waals surface area contributed by atoms with Crippen molar-refractivity contribution in [1.29, 1.82) is 0 Å². The Morgan fingerprint density at radius 1 is 1.00 bits per heavy atom. The minimum absolute atomic E-state index is 0.0734. The predicted octanol–water partition coefficient (Wildman–Crippen LogP) is 2.07. The molecule has 1 aromatic carbocycles. The normalized spacial score (nSPS) is 28.1. The van der Waals surface area contributed by atoms with Crippen molar-refractivity contribution in [3.63, 3.8) is 0 Å². The van der Waals surface area contributed by atoms with E-state index in [-0.39, 0.29) is 11.7 Å². The van der Waals surface area contributed by atoms with Gasteiger partial charge in [-0.15, -0.1) is 0 Å². The van der Waals surface area contributed by atoms with Gasteiger partial charge in [-0.05, 0) is 28.2 Å². The standard InChI is InChI=1S/C16H11ClO/c17-15-7-3-6-14-13(15)9-8-11-4-1-2-5-12(11)10-16(14)18/h1-10,14H/b11-8-,12-10-,13-9+. The van der Waals surface area contributed by atoms with E-state index < -0.39 is 0 Å². The summed E-state index contributed by atoms with van der Waals surface area (Å²) in [7, 11) is 0. The summed E-state index contributed by atoms with van der Waals surface area (Å²) in [4.78, 5) is 12.3. The number of hydrogen-bond acceptors (Lipinski definition) is 1. The molecule has 1 unspecified atom stereocenters. The zero-order valence-electron chi connectivity index (χ0n) is 9.64. The van der Waals surface area contributed by atoms with Crippen molar-refractivity contribution < 1.29 is 4.79 Å². The predicted molar refractivity (Wildman–Crippen MR) is 74.3 cm³/mol. The highest BCUT2D eigenvalue weighted by Gasteiger charge is 2.22. The van der Waals surface area contributed by atoms with Crippen molar-refractivity contribution >= 4 is 29.5 Å². The molecule has 1 nitrogen and oxygen atoms in total. The van der Waals surface area contributed by atoms with Crippen LogP contribution in [0.25, 0.3) is 12.2 Å². The van der Waals surface area contributed by atoms with Crippen molar-refractivity contribution in [3.05, 3.63) is 69.6 Å². The third kappa shape index (κ3) is 1.87. The van der Waals surface area contributed by atoms with E-state index in [1.165, 1.54) is 0 Å². The molecular formula is C16H11ClO. The lowest BCUT2D eigenvalue weighted by Crippen LogP contribution is -2.28. The number of halogens is 1. The fourth-order valence-electron chi connectivity index (χ4n) is 2.25. The summed E-state index contributed by atoms with van der Waals surface area (Å²) in [6.07, 6.45) is 11.2. The first-order valence-electron chi connectivity index (χ1n) is 5.82. The van der Waals surface area contributed by atoms with E-state index >= 15 is 0 Å². The highest BCUT2D eigenvalue weighted by atomic mass is 35.5. The quantitative estimate of drug-likeness (QED) is 0.693. The van der Waals surface area contributed by atoms with Gasteiger partial charge >= 0.3 is 0 Å². The Balaban J connectivity index is 2.29. The number of rotatable bonds is 0. The number of carbonyl (C=O) groups excluding carboxylic acids is 1. The fourth-order valence-corrected chi connectivity index (χ4v) is 2.50. The molecule has 0 amide bonds. The van der Waals surface area contributed by atoms with Crippen LogP contribution in [0, 0.1) is 5.92 Å². The Morgan fingerprint density at radius 3 is 2.61 bits per heavy atom. The van der Waals surface area contributed by atoms with Crippen molar-refractivity contribution in [2.45, 2.75) is 0 Å². The van der Waals surface area contributed by atoms with Crippen LogP contribution >= 0.6 is 11.6 Å². The van der Waals surface area contributed by atoms with Crippen molar-refractivity contribution in [2.75, 3.05) is 0 Å². The van der Waals surface area contributed by atoms with Gasteiger partial charge in [0.2, 0.25) is 0 Å². The van der Waals surface area contributed by atoms with Gasteiger partial charge in [0.15, 0.2) is 5.78 Å². The van der Waals surface area contributed by atoms with Crippen LogP contribution in [0.2, 0.25) is 0 Å². The molecule has 18 heavy (non-hydrogen) atoms. The maximum Gasteiger partial charge on any atom is 0.167 e. The maximum absolute atomic E-state index is 12.3. The van der Waals surface area contributed by atoms with Gasteiger partial charge in [-0.3, -0.25) is 4.79 Å². The molecule has 0 aromatic heterocycles. The summed E-state index contributed by atoms with van der Waals surface area (Å²) in [5, 5.41) is 2.63. The molecule has 88 valence electrons. The van der Waals surface area contributed by atoms with Gasteiger partial charge in [0, 0.05) is 5.03 Å². The molecule has 0 N–H and O–H groups in total. The average Bonchev–Trinajstić information content (AvgIpc) is 2.36. The number of hydrogen-bond donors (Lipinski definition) is 0. The van der Waals surface area contributed by atoms with E-state index in [9.17, 15) is 4.79 Å². The fraction of sp³-hybridized carbons (Fsp3) is 0.0625. The molecule has 0 aliphatic heterocycles. The Hall–Kier alpha value is -1.86. The first kappa shape index (κ1) is 11.2. The molecule has 2 heteroatoms. The van der Waals surface area contributed by atoms with Gasteiger partial charge in [0.05, 0.1) is 5.92 Å². The molecule has 0 heterocycles. The largest absolute Gasteiger partial charge is 0.294 e. The highest BCUT2D eigenvalue weighted by molar-refractivity contribution is 6.33. The lowest BCUT2D eigenvalue weighted by Gasteiger charge is -2.17. The van der Waals surface area contributed by atoms with Gasteiger partial charge in [-0.2, -0.15) is 0 Å². The second kappa shape index (κ2) is 4.43. The van der Waals surface area contributed by atoms with Crippen LogP contribution in [0.15, 0.2) is 59.2 Å². The molecule has 0 fully saturated rings. The SMILES string of the molecule is O=C1/C=c2/cccc/c2=C/C=C2/C(Cl)=CC=CC12. The minimum atomic E-state index is -0.257. The van der Waals surface area contributed by atoms with Gasteiger partial charge in [0.1, 0.15) is 0 Å². The minimum Gasteiger partial charge on any atom is -0.294 e. The third-order valence-electron chi connectivity index (χ3n) is 3.20. The van der Waals surface area contributed by atoms with E-state index in [0.717, 1.165) is 16.0 Å². The molecule has 1 atom stereocenters. The summed E-state index contributed by atoms with van der Waals surface area (Å²) in [5.41, 5.74) is 0.870. The first-order chi connectivity index (χ1) is 8.75. The van der Waals surface area contributed by atoms with Gasteiger partial charge in [-0.1, -0.05) is 60.2 Å². The zero-order valence-corrected chi connectivity index (χ0v) is 10.4. The number of Topliss-reactive ketones (excluding diaryl/α,β-unsaturated/α-hetero) is 1. The summed E-state index contributed by atoms with van der Waals surface area (Å²) in [6, 6.07) is 7.84. The smallest absolute Gasteiger partial charge is 0.167 e. The van der Waals surface area contributed by atoms with Gasteiger partial charge < -0.3 is 0 Å². The Labute approximate surface area is 110 Å². The number of ketones is 1. The molecule has 2 aliphatic rings. The number of allylic oxidation sites excluding steroid dienone is 6. The van der Waals surface area contributed by atoms with E-state index in [1.807, 2.05) is 54.6 Å². The van der Waals surface area contributed by atoms with Crippen LogP contribution in [0.3, 0.4) is 0 Å². The van der Waals surface area contributed by atoms with Gasteiger partial charge in [-0.25, -0.2) is 0 Å². The summed E-state index contributed by atoms with van der Waals surface area (Å²) in [5.74, 6) is -0.184. The topological polar surface area (TPSA) is 17.1 Å². The second-order valence-electron chi connectivity index (χ2n) is 4.34. The number of benzene rings is 1. The lowest BCUT2D eigenvalue weighted by molar-refractivity contribution is -0.114. The van der Waals surface area contributed by atoms with Crippen LogP contribution in [0.4, 0.5) is 0 Å². The molecule has 0 saturated carbocycles. The summed E-state index contributed by atoms with van der Waals surface area (Å²) >= 11 is 6.16. The number of carbonyl (C=O) groups is 1. The van der Waals surface area contributed by atoms with Crippen LogP contribution in [0.1, 0.15) is 0 Å². The van der Waals surface area contributed by atoms with Crippen molar-refractivity contribution in [3.8, 4) is 0 Å². The monoisotopic (exact) mass is 254 g/mol. The van der Waals surface area contributed by atoms with Crippen molar-refractivity contribution in [1.82, 2.24) is 0 Å². The molecule has 2 aliphatic carbocycles. The average molecular weight is 255 g/mol. The molecular weight excluding hydrogens is 244 g/mol.